The molecule has 0 radical (unpaired) electrons. The first-order valence-corrected chi connectivity index (χ1v) is 9.45. The lowest BCUT2D eigenvalue weighted by molar-refractivity contribution is 0.191. The molecule has 0 aliphatic rings. The summed E-state index contributed by atoms with van der Waals surface area (Å²) in [6.45, 7) is 3.49. The number of thioether (sulfide) groups is 1. The molecule has 1 unspecified atom stereocenters. The normalized spacial score (nSPS) is 12.2. The zero-order valence-corrected chi connectivity index (χ0v) is 17.8. The average molecular weight is 469 g/mol. The lowest BCUT2D eigenvalue weighted by Crippen LogP contribution is -2.42. The van der Waals surface area contributed by atoms with Crippen LogP contribution < -0.4 is 15.4 Å². The molecule has 24 heavy (non-hydrogen) atoms. The smallest absolute Gasteiger partial charge is 0.191 e. The van der Waals surface area contributed by atoms with Crippen LogP contribution in [0.4, 0.5) is 4.39 Å². The Morgan fingerprint density at radius 2 is 2.04 bits per heavy atom. The van der Waals surface area contributed by atoms with Crippen molar-refractivity contribution in [2.45, 2.75) is 32.3 Å². The van der Waals surface area contributed by atoms with Gasteiger partial charge in [0.05, 0.1) is 6.54 Å². The van der Waals surface area contributed by atoms with Crippen molar-refractivity contribution in [3.05, 3.63) is 30.1 Å². The van der Waals surface area contributed by atoms with Crippen LogP contribution in [0.2, 0.25) is 0 Å². The minimum Gasteiger partial charge on any atom is -0.486 e. The standard InChI is InChI=1S/C17H28FN3OS.HI/c1-4-14(22-16-10-6-5-9-15(16)18)13-21-17(19-2)20-11-7-8-12-23-3;/h5-6,9-10,14H,4,7-8,11-13H2,1-3H3,(H2,19,20,21);1H. The van der Waals surface area contributed by atoms with Crippen LogP contribution in [0.1, 0.15) is 26.2 Å². The van der Waals surface area contributed by atoms with Gasteiger partial charge in [-0.15, -0.1) is 24.0 Å². The van der Waals surface area contributed by atoms with Crippen LogP contribution >= 0.6 is 35.7 Å². The molecule has 2 N–H and O–H groups in total. The van der Waals surface area contributed by atoms with E-state index in [-0.39, 0.29) is 35.9 Å². The second-order valence-electron chi connectivity index (χ2n) is 5.16. The number of halogens is 2. The highest BCUT2D eigenvalue weighted by molar-refractivity contribution is 14.0. The van der Waals surface area contributed by atoms with E-state index in [9.17, 15) is 4.39 Å². The maximum atomic E-state index is 13.6. The average Bonchev–Trinajstić information content (AvgIpc) is 2.57. The van der Waals surface area contributed by atoms with Crippen molar-refractivity contribution in [1.82, 2.24) is 10.6 Å². The summed E-state index contributed by atoms with van der Waals surface area (Å²) in [7, 11) is 1.75. The number of rotatable bonds is 10. The Balaban J connectivity index is 0.00000529. The molecule has 0 heterocycles. The molecule has 0 saturated carbocycles. The molecular weight excluding hydrogens is 440 g/mol. The summed E-state index contributed by atoms with van der Waals surface area (Å²) >= 11 is 1.86. The summed E-state index contributed by atoms with van der Waals surface area (Å²) < 4.78 is 19.4. The zero-order valence-electron chi connectivity index (χ0n) is 14.7. The van der Waals surface area contributed by atoms with Gasteiger partial charge in [0.25, 0.3) is 0 Å². The van der Waals surface area contributed by atoms with Crippen molar-refractivity contribution in [3.8, 4) is 5.75 Å². The van der Waals surface area contributed by atoms with Crippen molar-refractivity contribution in [3.63, 3.8) is 0 Å². The molecule has 0 fully saturated rings. The Morgan fingerprint density at radius 1 is 1.29 bits per heavy atom. The van der Waals surface area contributed by atoms with Crippen LogP contribution in [0.25, 0.3) is 0 Å². The van der Waals surface area contributed by atoms with E-state index in [4.69, 9.17) is 4.74 Å². The highest BCUT2D eigenvalue weighted by atomic mass is 127. The first-order chi connectivity index (χ1) is 11.2. The van der Waals surface area contributed by atoms with Crippen LogP contribution in [0.3, 0.4) is 0 Å². The van der Waals surface area contributed by atoms with Gasteiger partial charge >= 0.3 is 0 Å². The molecule has 0 aliphatic heterocycles. The number of hydrogen-bond donors (Lipinski definition) is 2. The van der Waals surface area contributed by atoms with Crippen molar-refractivity contribution in [2.24, 2.45) is 4.99 Å². The Morgan fingerprint density at radius 3 is 2.67 bits per heavy atom. The Kier molecular flexibility index (Phi) is 14.2. The number of unbranched alkanes of at least 4 members (excludes halogenated alkanes) is 1. The summed E-state index contributed by atoms with van der Waals surface area (Å²) in [5.41, 5.74) is 0. The van der Waals surface area contributed by atoms with E-state index in [1.54, 1.807) is 25.2 Å². The van der Waals surface area contributed by atoms with Crippen molar-refractivity contribution in [2.75, 3.05) is 32.1 Å². The second-order valence-corrected chi connectivity index (χ2v) is 6.14. The number of benzene rings is 1. The molecule has 0 saturated heterocycles. The van der Waals surface area contributed by atoms with E-state index in [1.807, 2.05) is 18.7 Å². The van der Waals surface area contributed by atoms with Crippen LogP contribution in [0.5, 0.6) is 5.75 Å². The van der Waals surface area contributed by atoms with E-state index >= 15 is 0 Å². The number of para-hydroxylation sites is 1. The van der Waals surface area contributed by atoms with E-state index in [1.165, 1.54) is 18.2 Å². The first-order valence-electron chi connectivity index (χ1n) is 8.05. The zero-order chi connectivity index (χ0) is 16.9. The molecule has 0 amide bonds. The number of ether oxygens (including phenoxy) is 1. The number of hydrogen-bond acceptors (Lipinski definition) is 3. The van der Waals surface area contributed by atoms with Gasteiger partial charge in [-0.2, -0.15) is 11.8 Å². The fourth-order valence-electron chi connectivity index (χ4n) is 2.00. The van der Waals surface area contributed by atoms with Gasteiger partial charge in [0, 0.05) is 13.6 Å². The monoisotopic (exact) mass is 469 g/mol. The van der Waals surface area contributed by atoms with Gasteiger partial charge in [-0.05, 0) is 43.4 Å². The molecule has 1 atom stereocenters. The summed E-state index contributed by atoms with van der Waals surface area (Å²) in [5, 5.41) is 6.52. The third kappa shape index (κ3) is 9.56. The van der Waals surface area contributed by atoms with Crippen LogP contribution in [0.15, 0.2) is 29.3 Å². The SMILES string of the molecule is CCC(CNC(=NC)NCCCCSC)Oc1ccccc1F.I. The number of aliphatic imine (C=N–C) groups is 1. The molecule has 1 aromatic carbocycles. The van der Waals surface area contributed by atoms with Gasteiger partial charge in [0.15, 0.2) is 17.5 Å². The van der Waals surface area contributed by atoms with E-state index < -0.39 is 0 Å². The number of nitrogens with one attached hydrogen (secondary N) is 2. The van der Waals surface area contributed by atoms with Crippen LogP contribution in [-0.2, 0) is 0 Å². The van der Waals surface area contributed by atoms with Gasteiger partial charge in [-0.3, -0.25) is 4.99 Å². The molecule has 1 rings (SSSR count). The topological polar surface area (TPSA) is 45.7 Å². The number of nitrogens with zero attached hydrogens (tertiary/aromatic N) is 1. The van der Waals surface area contributed by atoms with Gasteiger partial charge in [-0.25, -0.2) is 4.39 Å². The van der Waals surface area contributed by atoms with Crippen molar-refractivity contribution in [1.29, 1.82) is 0 Å². The summed E-state index contributed by atoms with van der Waals surface area (Å²) in [4.78, 5) is 4.20. The molecule has 1 aromatic rings. The summed E-state index contributed by atoms with van der Waals surface area (Å²) in [6, 6.07) is 6.49. The maximum absolute atomic E-state index is 13.6. The fourth-order valence-corrected chi connectivity index (χ4v) is 2.49. The molecule has 0 spiro atoms. The molecule has 0 aliphatic carbocycles. The third-order valence-corrected chi connectivity index (χ3v) is 4.07. The second kappa shape index (κ2) is 14.6. The highest BCUT2D eigenvalue weighted by Gasteiger charge is 2.11. The maximum Gasteiger partial charge on any atom is 0.191 e. The van der Waals surface area contributed by atoms with Gasteiger partial charge in [0.2, 0.25) is 0 Å². The Bertz CT molecular complexity index is 477. The van der Waals surface area contributed by atoms with Gasteiger partial charge in [0.1, 0.15) is 6.10 Å². The highest BCUT2D eigenvalue weighted by Crippen LogP contribution is 2.17. The minimum atomic E-state index is -0.331. The molecule has 138 valence electrons. The minimum absolute atomic E-state index is 0. The van der Waals surface area contributed by atoms with Crippen LogP contribution in [0, 0.1) is 5.82 Å². The van der Waals surface area contributed by atoms with E-state index in [0.717, 1.165) is 25.3 Å². The first kappa shape index (κ1) is 23.3. The van der Waals surface area contributed by atoms with Crippen molar-refractivity contribution < 1.29 is 9.13 Å². The fraction of sp³-hybridized carbons (Fsp3) is 0.588. The van der Waals surface area contributed by atoms with E-state index in [2.05, 4.69) is 21.9 Å². The van der Waals surface area contributed by atoms with Gasteiger partial charge in [-0.1, -0.05) is 19.1 Å². The van der Waals surface area contributed by atoms with E-state index in [0.29, 0.717) is 12.3 Å². The summed E-state index contributed by atoms with van der Waals surface area (Å²) in [5.74, 6) is 1.90. The summed E-state index contributed by atoms with van der Waals surface area (Å²) in [6.07, 6.45) is 5.10. The van der Waals surface area contributed by atoms with Gasteiger partial charge < -0.3 is 15.4 Å². The lowest BCUT2D eigenvalue weighted by atomic mass is 10.2. The largest absolute Gasteiger partial charge is 0.486 e. The third-order valence-electron chi connectivity index (χ3n) is 3.37. The van der Waals surface area contributed by atoms with Crippen molar-refractivity contribution >= 4 is 41.7 Å². The van der Waals surface area contributed by atoms with Crippen LogP contribution in [-0.4, -0.2) is 44.2 Å². The quantitative estimate of drug-likeness (QED) is 0.236. The predicted molar refractivity (Wildman–Crippen MR) is 114 cm³/mol. The molecular formula is C17H29FIN3OS. The predicted octanol–water partition coefficient (Wildman–Crippen LogP) is 3.91. The molecule has 0 bridgehead atoms. The molecule has 0 aromatic heterocycles. The molecule has 7 heteroatoms. The number of guanidine groups is 1. The lowest BCUT2D eigenvalue weighted by Gasteiger charge is -2.20. The Labute approximate surface area is 166 Å². The molecule has 4 nitrogen and oxygen atoms in total. The Hall–Kier alpha value is -0.700.